The van der Waals surface area contributed by atoms with Gasteiger partial charge in [-0.25, -0.2) is 0 Å². The number of carbonyl (C=O) groups is 1. The molecule has 0 aliphatic rings. The maximum atomic E-state index is 12.4. The number of hydrogen-bond donors (Lipinski definition) is 0. The Hall–Kier alpha value is -1.81. The first kappa shape index (κ1) is 14.6. The molecule has 0 saturated carbocycles. The number of nitrogens with zero attached hydrogens (tertiary/aromatic N) is 2. The van der Waals surface area contributed by atoms with E-state index >= 15 is 0 Å². The third-order valence-corrected chi connectivity index (χ3v) is 3.96. The highest BCUT2D eigenvalue weighted by atomic mass is 32.2. The van der Waals surface area contributed by atoms with Gasteiger partial charge >= 0.3 is 0 Å². The molecule has 0 bridgehead atoms. The molecule has 1 aromatic carbocycles. The normalized spacial score (nSPS) is 10.3. The summed E-state index contributed by atoms with van der Waals surface area (Å²) < 4.78 is 0. The van der Waals surface area contributed by atoms with Crippen LogP contribution < -0.4 is 4.90 Å². The van der Waals surface area contributed by atoms with Gasteiger partial charge < -0.3 is 4.90 Å². The second kappa shape index (κ2) is 7.10. The Bertz CT molecular complexity index is 554. The van der Waals surface area contributed by atoms with Gasteiger partial charge in [0.2, 0.25) is 0 Å². The first-order valence-electron chi connectivity index (χ1n) is 6.57. The lowest BCUT2D eigenvalue weighted by Crippen LogP contribution is -2.26. The van der Waals surface area contributed by atoms with Crippen molar-refractivity contribution in [3.05, 3.63) is 59.9 Å². The van der Waals surface area contributed by atoms with E-state index in [1.165, 1.54) is 5.56 Å². The van der Waals surface area contributed by atoms with Crippen LogP contribution in [0.1, 0.15) is 22.8 Å². The Balaban J connectivity index is 2.09. The predicted molar refractivity (Wildman–Crippen MR) is 85.2 cm³/mol. The van der Waals surface area contributed by atoms with Gasteiger partial charge in [-0.2, -0.15) is 11.8 Å². The number of thioether (sulfide) groups is 1. The minimum Gasteiger partial charge on any atom is -0.310 e. The monoisotopic (exact) mass is 286 g/mol. The summed E-state index contributed by atoms with van der Waals surface area (Å²) in [6.45, 7) is 2.14. The quantitative estimate of drug-likeness (QED) is 0.842. The number of amides is 1. The molecule has 0 aliphatic heterocycles. The largest absolute Gasteiger partial charge is 0.310 e. The van der Waals surface area contributed by atoms with E-state index in [0.29, 0.717) is 5.56 Å². The Morgan fingerprint density at radius 1 is 1.25 bits per heavy atom. The zero-order valence-corrected chi connectivity index (χ0v) is 12.6. The highest BCUT2D eigenvalue weighted by Gasteiger charge is 2.13. The van der Waals surface area contributed by atoms with Gasteiger partial charge in [0.25, 0.3) is 5.91 Å². The van der Waals surface area contributed by atoms with Crippen molar-refractivity contribution in [1.29, 1.82) is 0 Å². The lowest BCUT2D eigenvalue weighted by atomic mass is 10.1. The van der Waals surface area contributed by atoms with Crippen molar-refractivity contribution in [2.24, 2.45) is 0 Å². The molecule has 0 unspecified atom stereocenters. The van der Waals surface area contributed by atoms with E-state index in [1.54, 1.807) is 24.3 Å². The van der Waals surface area contributed by atoms with Gasteiger partial charge in [-0.05, 0) is 35.6 Å². The molecule has 20 heavy (non-hydrogen) atoms. The maximum absolute atomic E-state index is 12.4. The third-order valence-electron chi connectivity index (χ3n) is 3.01. The molecule has 104 valence electrons. The van der Waals surface area contributed by atoms with Crippen LogP contribution in [0.3, 0.4) is 0 Å². The lowest BCUT2D eigenvalue weighted by molar-refractivity contribution is 0.0993. The summed E-state index contributed by atoms with van der Waals surface area (Å²) >= 11 is 1.88. The number of pyridine rings is 1. The minimum atomic E-state index is -0.0207. The Labute approximate surface area is 124 Å². The van der Waals surface area contributed by atoms with Crippen LogP contribution in [0, 0.1) is 0 Å². The zero-order valence-electron chi connectivity index (χ0n) is 11.7. The van der Waals surface area contributed by atoms with Gasteiger partial charge in [-0.15, -0.1) is 0 Å². The van der Waals surface area contributed by atoms with Crippen LogP contribution in [-0.4, -0.2) is 23.7 Å². The van der Waals surface area contributed by atoms with Crippen LogP contribution in [0.2, 0.25) is 0 Å². The lowest BCUT2D eigenvalue weighted by Gasteiger charge is -2.16. The van der Waals surface area contributed by atoms with Gasteiger partial charge in [-0.1, -0.05) is 19.1 Å². The fourth-order valence-electron chi connectivity index (χ4n) is 1.83. The van der Waals surface area contributed by atoms with Crippen LogP contribution in [-0.2, 0) is 5.75 Å². The van der Waals surface area contributed by atoms with E-state index in [2.05, 4.69) is 11.9 Å². The van der Waals surface area contributed by atoms with Gasteiger partial charge in [0.15, 0.2) is 0 Å². The molecule has 2 aromatic rings. The zero-order chi connectivity index (χ0) is 14.4. The summed E-state index contributed by atoms with van der Waals surface area (Å²) in [5.74, 6) is 2.07. The SMILES string of the molecule is CCSCc1ccc(C(=O)N(C)c2cccnc2)cc1. The summed E-state index contributed by atoms with van der Waals surface area (Å²) in [4.78, 5) is 18.0. The standard InChI is InChI=1S/C16H18N2OS/c1-3-20-12-13-6-8-14(9-7-13)16(19)18(2)15-5-4-10-17-11-15/h4-11H,3,12H2,1-2H3. The summed E-state index contributed by atoms with van der Waals surface area (Å²) in [5.41, 5.74) is 2.74. The van der Waals surface area contributed by atoms with Crippen LogP contribution in [0.4, 0.5) is 5.69 Å². The molecule has 3 nitrogen and oxygen atoms in total. The molecule has 0 N–H and O–H groups in total. The van der Waals surface area contributed by atoms with Gasteiger partial charge in [0.1, 0.15) is 0 Å². The Kier molecular flexibility index (Phi) is 5.18. The maximum Gasteiger partial charge on any atom is 0.258 e. The van der Waals surface area contributed by atoms with E-state index in [1.807, 2.05) is 48.2 Å². The van der Waals surface area contributed by atoms with Gasteiger partial charge in [0.05, 0.1) is 11.9 Å². The molecule has 0 aliphatic carbocycles. The van der Waals surface area contributed by atoms with E-state index in [-0.39, 0.29) is 5.91 Å². The summed E-state index contributed by atoms with van der Waals surface area (Å²) in [6, 6.07) is 11.5. The molecule has 4 heteroatoms. The van der Waals surface area contributed by atoms with Crippen LogP contribution >= 0.6 is 11.8 Å². The van der Waals surface area contributed by atoms with Crippen LogP contribution in [0.15, 0.2) is 48.8 Å². The molecule has 0 radical (unpaired) electrons. The molecule has 1 aromatic heterocycles. The first-order valence-corrected chi connectivity index (χ1v) is 7.72. The van der Waals surface area contributed by atoms with Gasteiger partial charge in [-0.3, -0.25) is 9.78 Å². The Morgan fingerprint density at radius 3 is 2.60 bits per heavy atom. The number of aromatic nitrogens is 1. The van der Waals surface area contributed by atoms with Crippen molar-refractivity contribution in [1.82, 2.24) is 4.98 Å². The summed E-state index contributed by atoms with van der Waals surface area (Å²) in [6.07, 6.45) is 3.38. The number of rotatable bonds is 5. The van der Waals surface area contributed by atoms with E-state index in [0.717, 1.165) is 17.2 Å². The topological polar surface area (TPSA) is 33.2 Å². The van der Waals surface area contributed by atoms with Crippen molar-refractivity contribution >= 4 is 23.4 Å². The number of carbonyl (C=O) groups excluding carboxylic acids is 1. The molecule has 0 spiro atoms. The predicted octanol–water partition coefficient (Wildman–Crippen LogP) is 3.61. The summed E-state index contributed by atoms with van der Waals surface area (Å²) in [7, 11) is 1.76. The molecule has 0 atom stereocenters. The number of benzene rings is 1. The fraction of sp³-hybridized carbons (Fsp3) is 0.250. The average molecular weight is 286 g/mol. The van der Waals surface area contributed by atoms with E-state index in [4.69, 9.17) is 0 Å². The van der Waals surface area contributed by atoms with Crippen molar-refractivity contribution < 1.29 is 4.79 Å². The first-order chi connectivity index (χ1) is 9.72. The molecule has 0 fully saturated rings. The molecular formula is C16H18N2OS. The molecule has 1 amide bonds. The van der Waals surface area contributed by atoms with E-state index in [9.17, 15) is 4.79 Å². The minimum absolute atomic E-state index is 0.0207. The number of hydrogen-bond acceptors (Lipinski definition) is 3. The van der Waals surface area contributed by atoms with Crippen LogP contribution in [0.5, 0.6) is 0 Å². The van der Waals surface area contributed by atoms with Crippen molar-refractivity contribution in [2.45, 2.75) is 12.7 Å². The van der Waals surface area contributed by atoms with Crippen molar-refractivity contribution in [3.8, 4) is 0 Å². The third kappa shape index (κ3) is 3.61. The number of anilines is 1. The molecule has 0 saturated heterocycles. The Morgan fingerprint density at radius 2 is 2.00 bits per heavy atom. The highest BCUT2D eigenvalue weighted by molar-refractivity contribution is 7.98. The highest BCUT2D eigenvalue weighted by Crippen LogP contribution is 2.16. The average Bonchev–Trinajstić information content (AvgIpc) is 2.53. The van der Waals surface area contributed by atoms with Gasteiger partial charge in [0, 0.05) is 24.6 Å². The summed E-state index contributed by atoms with van der Waals surface area (Å²) in [5, 5.41) is 0. The van der Waals surface area contributed by atoms with Crippen LogP contribution in [0.25, 0.3) is 0 Å². The second-order valence-corrected chi connectivity index (χ2v) is 5.68. The smallest absolute Gasteiger partial charge is 0.258 e. The molecule has 1 heterocycles. The molecule has 2 rings (SSSR count). The second-order valence-electron chi connectivity index (χ2n) is 4.41. The van der Waals surface area contributed by atoms with E-state index < -0.39 is 0 Å². The van der Waals surface area contributed by atoms with Crippen molar-refractivity contribution in [2.75, 3.05) is 17.7 Å². The fourth-order valence-corrected chi connectivity index (χ4v) is 2.46. The van der Waals surface area contributed by atoms with Crippen molar-refractivity contribution in [3.63, 3.8) is 0 Å². The molecular weight excluding hydrogens is 268 g/mol.